The summed E-state index contributed by atoms with van der Waals surface area (Å²) in [6, 6.07) is 3.93. The molecule has 0 aromatic heterocycles. The van der Waals surface area contributed by atoms with Crippen molar-refractivity contribution in [1.29, 1.82) is 0 Å². The van der Waals surface area contributed by atoms with Crippen molar-refractivity contribution in [3.8, 4) is 0 Å². The molecule has 1 aliphatic rings. The summed E-state index contributed by atoms with van der Waals surface area (Å²) < 4.78 is 27.1. The van der Waals surface area contributed by atoms with Crippen molar-refractivity contribution in [2.45, 2.75) is 38.8 Å². The summed E-state index contributed by atoms with van der Waals surface area (Å²) in [4.78, 5) is 16.1. The van der Waals surface area contributed by atoms with Crippen LogP contribution >= 0.6 is 0 Å². The minimum Gasteiger partial charge on any atom is -0.379 e. The van der Waals surface area contributed by atoms with Crippen LogP contribution in [0.4, 0.5) is 8.78 Å². The Morgan fingerprint density at radius 1 is 1.30 bits per heavy atom. The lowest BCUT2D eigenvalue weighted by atomic mass is 9.90. The summed E-state index contributed by atoms with van der Waals surface area (Å²) in [5, 5.41) is 10.7. The first kappa shape index (κ1) is 17.8. The van der Waals surface area contributed by atoms with Gasteiger partial charge in [-0.15, -0.1) is 0 Å². The highest BCUT2D eigenvalue weighted by Gasteiger charge is 2.43. The van der Waals surface area contributed by atoms with E-state index in [9.17, 15) is 18.7 Å². The van der Waals surface area contributed by atoms with Gasteiger partial charge < -0.3 is 14.9 Å². The molecule has 0 spiro atoms. The highest BCUT2D eigenvalue weighted by atomic mass is 19.2. The lowest BCUT2D eigenvalue weighted by Gasteiger charge is -2.40. The third-order valence-electron chi connectivity index (χ3n) is 4.48. The Labute approximate surface area is 135 Å². The van der Waals surface area contributed by atoms with E-state index in [4.69, 9.17) is 0 Å². The van der Waals surface area contributed by atoms with Crippen LogP contribution in [0, 0.1) is 11.6 Å². The van der Waals surface area contributed by atoms with Crippen LogP contribution in [0.1, 0.15) is 32.3 Å². The van der Waals surface area contributed by atoms with Crippen molar-refractivity contribution in [2.75, 3.05) is 26.2 Å². The van der Waals surface area contributed by atoms with Crippen LogP contribution in [0.3, 0.4) is 0 Å². The lowest BCUT2D eigenvalue weighted by Crippen LogP contribution is -2.58. The topological polar surface area (TPSA) is 43.8 Å². The predicted octanol–water partition coefficient (Wildman–Crippen LogP) is 2.16. The molecule has 1 saturated heterocycles. The maximum Gasteiger partial charge on any atom is 0.256 e. The smallest absolute Gasteiger partial charge is 0.256 e. The second-order valence-corrected chi connectivity index (χ2v) is 6.04. The number of piperidine rings is 1. The number of nitrogens with zero attached hydrogens (tertiary/aromatic N) is 2. The normalized spacial score (nSPS) is 22.0. The summed E-state index contributed by atoms with van der Waals surface area (Å²) in [6.45, 7) is 6.11. The number of likely N-dealkylation sites (tertiary alicyclic amines) is 1. The van der Waals surface area contributed by atoms with Crippen molar-refractivity contribution >= 4 is 5.91 Å². The molecular formula is C17H24F2N2O2. The zero-order chi connectivity index (χ0) is 17.0. The number of amides is 1. The minimum atomic E-state index is -1.45. The number of rotatable bonds is 6. The first-order chi connectivity index (χ1) is 10.9. The molecule has 1 aromatic rings. The Hall–Kier alpha value is -1.53. The van der Waals surface area contributed by atoms with Gasteiger partial charge in [-0.3, -0.25) is 4.79 Å². The third kappa shape index (κ3) is 3.87. The van der Waals surface area contributed by atoms with E-state index in [0.29, 0.717) is 19.4 Å². The minimum absolute atomic E-state index is 0.0248. The monoisotopic (exact) mass is 326 g/mol. The van der Waals surface area contributed by atoms with Crippen LogP contribution in [-0.4, -0.2) is 52.6 Å². The molecule has 1 aromatic carbocycles. The molecule has 0 saturated carbocycles. The Morgan fingerprint density at radius 2 is 2.00 bits per heavy atom. The molecule has 0 bridgehead atoms. The summed E-state index contributed by atoms with van der Waals surface area (Å²) in [7, 11) is 0. The van der Waals surface area contributed by atoms with Gasteiger partial charge in [0.1, 0.15) is 0 Å². The van der Waals surface area contributed by atoms with Gasteiger partial charge in [0.25, 0.3) is 5.91 Å². The van der Waals surface area contributed by atoms with Gasteiger partial charge in [-0.05, 0) is 32.0 Å². The number of aliphatic hydroxyl groups is 1. The van der Waals surface area contributed by atoms with Gasteiger partial charge in [-0.1, -0.05) is 26.0 Å². The van der Waals surface area contributed by atoms with Crippen LogP contribution in [-0.2, 0) is 11.3 Å². The van der Waals surface area contributed by atoms with Gasteiger partial charge in [-0.2, -0.15) is 0 Å². The number of likely N-dealkylation sites (N-methyl/N-ethyl adjacent to an activating group) is 1. The molecule has 23 heavy (non-hydrogen) atoms. The number of benzene rings is 1. The summed E-state index contributed by atoms with van der Waals surface area (Å²) in [5.41, 5.74) is -1.32. The highest BCUT2D eigenvalue weighted by Crippen LogP contribution is 2.26. The van der Waals surface area contributed by atoms with E-state index in [-0.39, 0.29) is 18.7 Å². The molecule has 1 amide bonds. The van der Waals surface area contributed by atoms with Gasteiger partial charge in [0.05, 0.1) is 0 Å². The molecule has 0 unspecified atom stereocenters. The van der Waals surface area contributed by atoms with Gasteiger partial charge in [0.15, 0.2) is 17.2 Å². The summed E-state index contributed by atoms with van der Waals surface area (Å²) in [5.74, 6) is -2.26. The average molecular weight is 326 g/mol. The van der Waals surface area contributed by atoms with E-state index < -0.39 is 23.1 Å². The maximum absolute atomic E-state index is 13.8. The van der Waals surface area contributed by atoms with Crippen LogP contribution in [0.15, 0.2) is 18.2 Å². The van der Waals surface area contributed by atoms with E-state index in [1.807, 2.05) is 18.7 Å². The van der Waals surface area contributed by atoms with Crippen LogP contribution in [0.2, 0.25) is 0 Å². The Morgan fingerprint density at radius 3 is 2.65 bits per heavy atom. The molecule has 2 rings (SSSR count). The van der Waals surface area contributed by atoms with E-state index in [0.717, 1.165) is 19.2 Å². The Kier molecular flexibility index (Phi) is 5.70. The quantitative estimate of drug-likeness (QED) is 0.871. The zero-order valence-electron chi connectivity index (χ0n) is 13.7. The van der Waals surface area contributed by atoms with Crippen molar-refractivity contribution in [3.05, 3.63) is 35.4 Å². The zero-order valence-corrected chi connectivity index (χ0v) is 13.7. The molecule has 0 aliphatic carbocycles. The number of carbonyl (C=O) groups is 1. The van der Waals surface area contributed by atoms with E-state index >= 15 is 0 Å². The van der Waals surface area contributed by atoms with Crippen LogP contribution < -0.4 is 0 Å². The van der Waals surface area contributed by atoms with Gasteiger partial charge in [0, 0.05) is 25.2 Å². The number of hydrogen-bond donors (Lipinski definition) is 1. The molecule has 1 N–H and O–H groups in total. The lowest BCUT2D eigenvalue weighted by molar-refractivity contribution is -0.160. The molecule has 1 heterocycles. The van der Waals surface area contributed by atoms with Gasteiger partial charge >= 0.3 is 0 Å². The maximum atomic E-state index is 13.8. The molecule has 4 nitrogen and oxygen atoms in total. The fraction of sp³-hybridized carbons (Fsp3) is 0.588. The SMILES string of the molecule is CCN(CC)C[C@]1(O)CCCN(Cc2cccc(F)c2F)C1=O. The fourth-order valence-electron chi connectivity index (χ4n) is 3.06. The Balaban J connectivity index is 2.14. The molecule has 6 heteroatoms. The van der Waals surface area contributed by atoms with Crippen molar-refractivity contribution in [1.82, 2.24) is 9.80 Å². The molecule has 128 valence electrons. The first-order valence-corrected chi connectivity index (χ1v) is 8.08. The average Bonchev–Trinajstić information content (AvgIpc) is 2.54. The number of carbonyl (C=O) groups excluding carboxylic acids is 1. The molecule has 0 radical (unpaired) electrons. The fourth-order valence-corrected chi connectivity index (χ4v) is 3.06. The molecule has 1 atom stereocenters. The van der Waals surface area contributed by atoms with E-state index in [1.54, 1.807) is 0 Å². The van der Waals surface area contributed by atoms with Crippen LogP contribution in [0.25, 0.3) is 0 Å². The van der Waals surface area contributed by atoms with Crippen LogP contribution in [0.5, 0.6) is 0 Å². The van der Waals surface area contributed by atoms with Crippen molar-refractivity contribution < 1.29 is 18.7 Å². The highest BCUT2D eigenvalue weighted by molar-refractivity contribution is 5.86. The number of halogens is 2. The van der Waals surface area contributed by atoms with E-state index in [1.165, 1.54) is 17.0 Å². The molecule has 1 aliphatic heterocycles. The third-order valence-corrected chi connectivity index (χ3v) is 4.48. The summed E-state index contributed by atoms with van der Waals surface area (Å²) in [6.07, 6.45) is 1.03. The first-order valence-electron chi connectivity index (χ1n) is 8.08. The standard InChI is InChI=1S/C17H24F2N2O2/c1-3-20(4-2)12-17(23)9-6-10-21(16(17)22)11-13-7-5-8-14(18)15(13)19/h5,7-8,23H,3-4,6,9-12H2,1-2H3/t17-/m1/s1. The Bertz CT molecular complexity index is 564. The molecule has 1 fully saturated rings. The second kappa shape index (κ2) is 7.36. The summed E-state index contributed by atoms with van der Waals surface area (Å²) >= 11 is 0. The van der Waals surface area contributed by atoms with E-state index in [2.05, 4.69) is 0 Å². The van der Waals surface area contributed by atoms with Crippen molar-refractivity contribution in [3.63, 3.8) is 0 Å². The second-order valence-electron chi connectivity index (χ2n) is 6.04. The predicted molar refractivity (Wildman–Crippen MR) is 83.7 cm³/mol. The van der Waals surface area contributed by atoms with Gasteiger partial charge in [-0.25, -0.2) is 8.78 Å². The van der Waals surface area contributed by atoms with Gasteiger partial charge in [0.2, 0.25) is 0 Å². The largest absolute Gasteiger partial charge is 0.379 e. The molecular weight excluding hydrogens is 302 g/mol. The number of hydrogen-bond acceptors (Lipinski definition) is 3. The van der Waals surface area contributed by atoms with Crippen molar-refractivity contribution in [2.24, 2.45) is 0 Å².